The summed E-state index contributed by atoms with van der Waals surface area (Å²) in [4.78, 5) is 14.8. The van der Waals surface area contributed by atoms with Gasteiger partial charge in [0.05, 0.1) is 6.04 Å². The second-order valence-electron chi connectivity index (χ2n) is 5.92. The van der Waals surface area contributed by atoms with Crippen molar-refractivity contribution in [2.75, 3.05) is 6.54 Å². The van der Waals surface area contributed by atoms with Crippen LogP contribution in [0.5, 0.6) is 0 Å². The van der Waals surface area contributed by atoms with Crippen LogP contribution in [0.4, 0.5) is 0 Å². The summed E-state index contributed by atoms with van der Waals surface area (Å²) < 4.78 is 0. The second-order valence-corrected chi connectivity index (χ2v) is 5.92. The molecule has 21 heavy (non-hydrogen) atoms. The lowest BCUT2D eigenvalue weighted by Crippen LogP contribution is -2.38. The molecule has 3 rings (SSSR count). The normalized spacial score (nSPS) is 17.5. The van der Waals surface area contributed by atoms with Gasteiger partial charge in [0, 0.05) is 12.1 Å². The Morgan fingerprint density at radius 2 is 1.86 bits per heavy atom. The standard InChI is InChI=1S/C19H21NO/c1-13-8-9-17(12-14(13)2)19(21)20-11-10-16-6-4-5-7-18(16)15(20)3/h4-9,12,15H,10-11H2,1-3H3. The van der Waals surface area contributed by atoms with Crippen molar-refractivity contribution in [3.63, 3.8) is 0 Å². The monoisotopic (exact) mass is 279 g/mol. The highest BCUT2D eigenvalue weighted by molar-refractivity contribution is 5.95. The molecule has 0 saturated carbocycles. The van der Waals surface area contributed by atoms with Crippen LogP contribution in [0.2, 0.25) is 0 Å². The maximum Gasteiger partial charge on any atom is 0.254 e. The van der Waals surface area contributed by atoms with E-state index in [0.717, 1.165) is 18.5 Å². The van der Waals surface area contributed by atoms with Crippen molar-refractivity contribution in [1.29, 1.82) is 0 Å². The molecule has 1 heterocycles. The van der Waals surface area contributed by atoms with Crippen LogP contribution in [0.1, 0.15) is 45.6 Å². The summed E-state index contributed by atoms with van der Waals surface area (Å²) in [7, 11) is 0. The van der Waals surface area contributed by atoms with E-state index in [1.165, 1.54) is 22.3 Å². The molecule has 1 unspecified atom stereocenters. The maximum absolute atomic E-state index is 12.8. The molecule has 0 N–H and O–H groups in total. The van der Waals surface area contributed by atoms with Gasteiger partial charge in [-0.1, -0.05) is 30.3 Å². The first-order valence-corrected chi connectivity index (χ1v) is 7.54. The van der Waals surface area contributed by atoms with Crippen LogP contribution < -0.4 is 0 Å². The largest absolute Gasteiger partial charge is 0.332 e. The predicted molar refractivity (Wildman–Crippen MR) is 85.5 cm³/mol. The summed E-state index contributed by atoms with van der Waals surface area (Å²) in [5, 5.41) is 0. The minimum atomic E-state index is 0.139. The SMILES string of the molecule is Cc1ccc(C(=O)N2CCc3ccccc3C2C)cc1C. The average molecular weight is 279 g/mol. The average Bonchev–Trinajstić information content (AvgIpc) is 2.50. The molecule has 1 aliphatic heterocycles. The summed E-state index contributed by atoms with van der Waals surface area (Å²) in [5.74, 6) is 0.139. The molecule has 0 aromatic heterocycles. The molecule has 2 nitrogen and oxygen atoms in total. The number of fused-ring (bicyclic) bond motifs is 1. The smallest absolute Gasteiger partial charge is 0.254 e. The van der Waals surface area contributed by atoms with E-state index < -0.39 is 0 Å². The highest BCUT2D eigenvalue weighted by atomic mass is 16.2. The molecule has 0 radical (unpaired) electrons. The summed E-state index contributed by atoms with van der Waals surface area (Å²) in [6, 6.07) is 14.6. The molecule has 0 spiro atoms. The lowest BCUT2D eigenvalue weighted by atomic mass is 9.93. The molecule has 2 aromatic rings. The number of aryl methyl sites for hydroxylation is 2. The van der Waals surface area contributed by atoms with Gasteiger partial charge in [0.15, 0.2) is 0 Å². The number of amides is 1. The van der Waals surface area contributed by atoms with Crippen LogP contribution in [0, 0.1) is 13.8 Å². The molecule has 2 aromatic carbocycles. The number of carbonyl (C=O) groups excluding carboxylic acids is 1. The van der Waals surface area contributed by atoms with Crippen LogP contribution in [-0.4, -0.2) is 17.4 Å². The van der Waals surface area contributed by atoms with E-state index in [2.05, 4.69) is 45.0 Å². The molecular weight excluding hydrogens is 258 g/mol. The van der Waals surface area contributed by atoms with Crippen LogP contribution in [0.15, 0.2) is 42.5 Å². The highest BCUT2D eigenvalue weighted by Crippen LogP contribution is 2.30. The van der Waals surface area contributed by atoms with Gasteiger partial charge >= 0.3 is 0 Å². The van der Waals surface area contributed by atoms with Gasteiger partial charge < -0.3 is 4.90 Å². The van der Waals surface area contributed by atoms with E-state index in [1.54, 1.807) is 0 Å². The third kappa shape index (κ3) is 2.46. The van der Waals surface area contributed by atoms with Gasteiger partial charge in [-0.25, -0.2) is 0 Å². The van der Waals surface area contributed by atoms with E-state index in [1.807, 2.05) is 23.1 Å². The lowest BCUT2D eigenvalue weighted by Gasteiger charge is -2.35. The molecule has 1 atom stereocenters. The van der Waals surface area contributed by atoms with E-state index in [9.17, 15) is 4.79 Å². The van der Waals surface area contributed by atoms with E-state index in [4.69, 9.17) is 0 Å². The van der Waals surface area contributed by atoms with Gasteiger partial charge in [-0.3, -0.25) is 4.79 Å². The van der Waals surface area contributed by atoms with Crippen molar-refractivity contribution in [2.45, 2.75) is 33.2 Å². The number of carbonyl (C=O) groups is 1. The Kier molecular flexibility index (Phi) is 3.54. The van der Waals surface area contributed by atoms with E-state index in [0.29, 0.717) is 0 Å². The Bertz CT molecular complexity index is 690. The topological polar surface area (TPSA) is 20.3 Å². The van der Waals surface area contributed by atoms with Gasteiger partial charge in [-0.2, -0.15) is 0 Å². The molecule has 0 aliphatic carbocycles. The summed E-state index contributed by atoms with van der Waals surface area (Å²) in [6.07, 6.45) is 0.942. The fourth-order valence-corrected chi connectivity index (χ4v) is 3.09. The van der Waals surface area contributed by atoms with Gasteiger partial charge in [-0.05, 0) is 61.6 Å². The van der Waals surface area contributed by atoms with Crippen molar-refractivity contribution >= 4 is 5.91 Å². The van der Waals surface area contributed by atoms with Crippen molar-refractivity contribution in [3.05, 3.63) is 70.3 Å². The molecular formula is C19H21NO. The lowest BCUT2D eigenvalue weighted by molar-refractivity contribution is 0.0677. The zero-order valence-electron chi connectivity index (χ0n) is 12.9. The molecule has 0 fully saturated rings. The van der Waals surface area contributed by atoms with Crippen molar-refractivity contribution < 1.29 is 4.79 Å². The van der Waals surface area contributed by atoms with Crippen LogP contribution >= 0.6 is 0 Å². The Hall–Kier alpha value is -2.09. The van der Waals surface area contributed by atoms with Crippen LogP contribution in [0.3, 0.4) is 0 Å². The number of hydrogen-bond donors (Lipinski definition) is 0. The van der Waals surface area contributed by atoms with Crippen molar-refractivity contribution in [3.8, 4) is 0 Å². The first-order valence-electron chi connectivity index (χ1n) is 7.54. The summed E-state index contributed by atoms with van der Waals surface area (Å²) >= 11 is 0. The Morgan fingerprint density at radius 1 is 1.10 bits per heavy atom. The fraction of sp³-hybridized carbons (Fsp3) is 0.316. The summed E-state index contributed by atoms with van der Waals surface area (Å²) in [6.45, 7) is 7.05. The van der Waals surface area contributed by atoms with Crippen molar-refractivity contribution in [1.82, 2.24) is 4.90 Å². The molecule has 2 heteroatoms. The summed E-state index contributed by atoms with van der Waals surface area (Å²) in [5.41, 5.74) is 5.84. The van der Waals surface area contributed by atoms with Gasteiger partial charge in [0.2, 0.25) is 0 Å². The van der Waals surface area contributed by atoms with E-state index in [-0.39, 0.29) is 11.9 Å². The number of nitrogens with zero attached hydrogens (tertiary/aromatic N) is 1. The highest BCUT2D eigenvalue weighted by Gasteiger charge is 2.27. The molecule has 1 amide bonds. The minimum Gasteiger partial charge on any atom is -0.332 e. The molecule has 108 valence electrons. The quantitative estimate of drug-likeness (QED) is 0.770. The number of hydrogen-bond acceptors (Lipinski definition) is 1. The predicted octanol–water partition coefficient (Wildman–Crippen LogP) is 4.06. The first kappa shape index (κ1) is 13.9. The molecule has 1 aliphatic rings. The fourth-order valence-electron chi connectivity index (χ4n) is 3.09. The Morgan fingerprint density at radius 3 is 2.62 bits per heavy atom. The Balaban J connectivity index is 1.91. The van der Waals surface area contributed by atoms with Crippen molar-refractivity contribution in [2.24, 2.45) is 0 Å². The minimum absolute atomic E-state index is 0.139. The molecule has 0 saturated heterocycles. The zero-order valence-corrected chi connectivity index (χ0v) is 12.9. The van der Waals surface area contributed by atoms with E-state index >= 15 is 0 Å². The van der Waals surface area contributed by atoms with Crippen LogP contribution in [-0.2, 0) is 6.42 Å². The Labute approximate surface area is 126 Å². The van der Waals surface area contributed by atoms with Gasteiger partial charge in [0.1, 0.15) is 0 Å². The third-order valence-electron chi connectivity index (χ3n) is 4.61. The van der Waals surface area contributed by atoms with Gasteiger partial charge in [-0.15, -0.1) is 0 Å². The zero-order chi connectivity index (χ0) is 15.0. The van der Waals surface area contributed by atoms with Gasteiger partial charge in [0.25, 0.3) is 5.91 Å². The van der Waals surface area contributed by atoms with Crippen LogP contribution in [0.25, 0.3) is 0 Å². The number of benzene rings is 2. The maximum atomic E-state index is 12.8. The number of rotatable bonds is 1. The first-order chi connectivity index (χ1) is 10.1. The molecule has 0 bridgehead atoms. The third-order valence-corrected chi connectivity index (χ3v) is 4.61. The second kappa shape index (κ2) is 5.36.